The first-order chi connectivity index (χ1) is 17.9. The van der Waals surface area contributed by atoms with Crippen molar-refractivity contribution >= 4 is 11.9 Å². The van der Waals surface area contributed by atoms with E-state index in [9.17, 15) is 9.59 Å². The van der Waals surface area contributed by atoms with Crippen LogP contribution in [-0.2, 0) is 48.1 Å². The van der Waals surface area contributed by atoms with Crippen LogP contribution in [0.1, 0.15) is 81.3 Å². The van der Waals surface area contributed by atoms with Crippen molar-refractivity contribution in [2.75, 3.05) is 0 Å². The van der Waals surface area contributed by atoms with E-state index in [0.717, 1.165) is 67.2 Å². The number of ether oxygens (including phenoxy) is 2. The van der Waals surface area contributed by atoms with Gasteiger partial charge in [-0.05, 0) is 90.5 Å². The molecule has 37 heavy (non-hydrogen) atoms. The number of fused-ring (bicyclic) bond motifs is 2. The second-order valence-corrected chi connectivity index (χ2v) is 10.0. The number of benzene rings is 2. The third-order valence-electron chi connectivity index (χ3n) is 7.97. The normalized spacial score (nSPS) is 18.0. The maximum absolute atomic E-state index is 13.6. The lowest BCUT2D eigenvalue weighted by atomic mass is 9.95. The van der Waals surface area contributed by atoms with Gasteiger partial charge >= 0.3 is 11.9 Å². The molecule has 2 aromatic rings. The van der Waals surface area contributed by atoms with Gasteiger partial charge in [0.2, 0.25) is 0 Å². The molecule has 2 aromatic carbocycles. The fourth-order valence-electron chi connectivity index (χ4n) is 5.92. The number of hydrogen-bond acceptors (Lipinski definition) is 4. The van der Waals surface area contributed by atoms with Crippen molar-refractivity contribution in [2.45, 2.75) is 86.5 Å². The van der Waals surface area contributed by atoms with Gasteiger partial charge in [-0.3, -0.25) is 0 Å². The summed E-state index contributed by atoms with van der Waals surface area (Å²) in [6, 6.07) is 8.37. The number of esters is 2. The SMILES string of the molecule is CCc1cc(CC)c(CC)c(OC(=O)C2=C(C(=O)Oc3cc(CC)cc(CC)c3CC)C3C=CC2C3)c1. The molecule has 0 saturated heterocycles. The molecule has 4 rings (SSSR count). The van der Waals surface area contributed by atoms with E-state index < -0.39 is 11.9 Å². The van der Waals surface area contributed by atoms with Crippen LogP contribution in [0.2, 0.25) is 0 Å². The van der Waals surface area contributed by atoms with Crippen molar-refractivity contribution in [2.24, 2.45) is 11.8 Å². The molecule has 2 atom stereocenters. The van der Waals surface area contributed by atoms with Crippen LogP contribution in [0.15, 0.2) is 47.6 Å². The summed E-state index contributed by atoms with van der Waals surface area (Å²) in [5.41, 5.74) is 7.75. The highest BCUT2D eigenvalue weighted by molar-refractivity contribution is 6.04. The predicted molar refractivity (Wildman–Crippen MR) is 148 cm³/mol. The molecule has 0 heterocycles. The highest BCUT2D eigenvalue weighted by Gasteiger charge is 2.43. The molecule has 0 N–H and O–H groups in total. The topological polar surface area (TPSA) is 52.6 Å². The second kappa shape index (κ2) is 11.5. The number of allylic oxidation sites excluding steroid dienone is 2. The second-order valence-electron chi connectivity index (χ2n) is 10.0. The summed E-state index contributed by atoms with van der Waals surface area (Å²) in [6.45, 7) is 12.6. The molecule has 0 aromatic heterocycles. The Bertz CT molecular complexity index is 1170. The maximum Gasteiger partial charge on any atom is 0.340 e. The Hall–Kier alpha value is -3.14. The van der Waals surface area contributed by atoms with Gasteiger partial charge in [-0.15, -0.1) is 0 Å². The molecular formula is C33H40O4. The predicted octanol–water partition coefficient (Wildman–Crippen LogP) is 7.07. The molecule has 0 amide bonds. The van der Waals surface area contributed by atoms with Gasteiger partial charge in [0.15, 0.2) is 0 Å². The molecule has 2 bridgehead atoms. The Morgan fingerprint density at radius 2 is 1.03 bits per heavy atom. The van der Waals surface area contributed by atoms with E-state index in [2.05, 4.69) is 53.7 Å². The van der Waals surface area contributed by atoms with Crippen LogP contribution in [0.4, 0.5) is 0 Å². The molecular weight excluding hydrogens is 460 g/mol. The minimum absolute atomic E-state index is 0.107. The van der Waals surface area contributed by atoms with Crippen molar-refractivity contribution in [3.8, 4) is 11.5 Å². The first-order valence-electron chi connectivity index (χ1n) is 14.0. The highest BCUT2D eigenvalue weighted by atomic mass is 16.5. The lowest BCUT2D eigenvalue weighted by molar-refractivity contribution is -0.133. The van der Waals surface area contributed by atoms with Crippen LogP contribution in [-0.4, -0.2) is 11.9 Å². The first-order valence-corrected chi connectivity index (χ1v) is 14.0. The van der Waals surface area contributed by atoms with E-state index in [-0.39, 0.29) is 11.8 Å². The molecule has 4 nitrogen and oxygen atoms in total. The Kier molecular flexibility index (Phi) is 8.36. The quantitative estimate of drug-likeness (QED) is 0.199. The van der Waals surface area contributed by atoms with Gasteiger partial charge in [0.1, 0.15) is 11.5 Å². The van der Waals surface area contributed by atoms with Gasteiger partial charge in [-0.25, -0.2) is 9.59 Å². The lowest BCUT2D eigenvalue weighted by Gasteiger charge is -2.19. The van der Waals surface area contributed by atoms with Gasteiger partial charge < -0.3 is 9.47 Å². The number of carbonyl (C=O) groups is 2. The molecule has 0 radical (unpaired) electrons. The van der Waals surface area contributed by atoms with Crippen molar-refractivity contribution in [3.63, 3.8) is 0 Å². The number of carbonyl (C=O) groups excluding carboxylic acids is 2. The summed E-state index contributed by atoms with van der Waals surface area (Å²) in [6.07, 6.45) is 9.84. The molecule has 0 saturated carbocycles. The zero-order chi connectivity index (χ0) is 26.7. The molecule has 2 unspecified atom stereocenters. The first kappa shape index (κ1) is 26.9. The number of hydrogen-bond donors (Lipinski definition) is 0. The Morgan fingerprint density at radius 3 is 1.35 bits per heavy atom. The third kappa shape index (κ3) is 5.16. The highest BCUT2D eigenvalue weighted by Crippen LogP contribution is 2.45. The van der Waals surface area contributed by atoms with Crippen LogP contribution in [0.25, 0.3) is 0 Å². The van der Waals surface area contributed by atoms with Crippen molar-refractivity contribution in [1.29, 1.82) is 0 Å². The third-order valence-corrected chi connectivity index (χ3v) is 7.97. The maximum atomic E-state index is 13.6. The van der Waals surface area contributed by atoms with Crippen LogP contribution in [0.5, 0.6) is 11.5 Å². The molecule has 0 spiro atoms. The van der Waals surface area contributed by atoms with Crippen LogP contribution in [0, 0.1) is 11.8 Å². The molecule has 196 valence electrons. The van der Waals surface area contributed by atoms with Crippen molar-refractivity contribution < 1.29 is 19.1 Å². The Balaban J connectivity index is 1.70. The molecule has 2 aliphatic rings. The zero-order valence-corrected chi connectivity index (χ0v) is 23.2. The number of rotatable bonds is 10. The summed E-state index contributed by atoms with van der Waals surface area (Å²) in [5, 5.41) is 0. The van der Waals surface area contributed by atoms with Gasteiger partial charge in [0, 0.05) is 11.8 Å². The van der Waals surface area contributed by atoms with Crippen molar-refractivity contribution in [3.05, 3.63) is 80.9 Å². The lowest BCUT2D eigenvalue weighted by Crippen LogP contribution is -2.23. The van der Waals surface area contributed by atoms with Gasteiger partial charge in [0.05, 0.1) is 11.1 Å². The average Bonchev–Trinajstić information content (AvgIpc) is 3.54. The monoisotopic (exact) mass is 500 g/mol. The smallest absolute Gasteiger partial charge is 0.340 e. The van der Waals surface area contributed by atoms with Gasteiger partial charge in [-0.1, -0.05) is 65.8 Å². The summed E-state index contributed by atoms with van der Waals surface area (Å²) >= 11 is 0. The van der Waals surface area contributed by atoms with E-state index in [0.29, 0.717) is 22.6 Å². The Morgan fingerprint density at radius 1 is 0.622 bits per heavy atom. The van der Waals surface area contributed by atoms with E-state index in [1.807, 2.05) is 24.3 Å². The minimum Gasteiger partial charge on any atom is -0.423 e. The van der Waals surface area contributed by atoms with Crippen LogP contribution in [0.3, 0.4) is 0 Å². The van der Waals surface area contributed by atoms with E-state index >= 15 is 0 Å². The van der Waals surface area contributed by atoms with Crippen LogP contribution >= 0.6 is 0 Å². The summed E-state index contributed by atoms with van der Waals surface area (Å²) in [5.74, 6) is 0.161. The van der Waals surface area contributed by atoms with Gasteiger partial charge in [-0.2, -0.15) is 0 Å². The molecule has 4 heteroatoms. The largest absolute Gasteiger partial charge is 0.423 e. The fraction of sp³-hybridized carbons (Fsp3) is 0.455. The summed E-state index contributed by atoms with van der Waals surface area (Å²) in [4.78, 5) is 27.3. The summed E-state index contributed by atoms with van der Waals surface area (Å²) in [7, 11) is 0. The van der Waals surface area contributed by atoms with E-state index in [1.54, 1.807) is 0 Å². The zero-order valence-electron chi connectivity index (χ0n) is 23.2. The summed E-state index contributed by atoms with van der Waals surface area (Å²) < 4.78 is 12.1. The van der Waals surface area contributed by atoms with Crippen molar-refractivity contribution in [1.82, 2.24) is 0 Å². The molecule has 2 aliphatic carbocycles. The Labute approximate surface area is 221 Å². The van der Waals surface area contributed by atoms with Gasteiger partial charge in [0.25, 0.3) is 0 Å². The fourth-order valence-corrected chi connectivity index (χ4v) is 5.92. The number of aryl methyl sites for hydroxylation is 4. The average molecular weight is 501 g/mol. The molecule has 0 aliphatic heterocycles. The minimum atomic E-state index is -0.430. The van der Waals surface area contributed by atoms with Crippen LogP contribution < -0.4 is 9.47 Å². The molecule has 0 fully saturated rings. The van der Waals surface area contributed by atoms with E-state index in [4.69, 9.17) is 9.47 Å². The standard InChI is InChI=1S/C33H40O4/c1-7-20-15-22(9-3)26(11-5)28(17-20)36-32(34)30-24-13-14-25(19-24)31(30)33(35)37-29-18-21(8-2)16-23(10-4)27(29)12-6/h13-18,24-25H,7-12,19H2,1-6H3. The van der Waals surface area contributed by atoms with E-state index in [1.165, 1.54) is 11.1 Å².